The van der Waals surface area contributed by atoms with Crippen LogP contribution in [0.4, 0.5) is 0 Å². The third kappa shape index (κ3) is 3.23. The number of carbonyl (C=O) groups is 1. The lowest BCUT2D eigenvalue weighted by Crippen LogP contribution is -2.24. The van der Waals surface area contributed by atoms with Crippen LogP contribution in [0.5, 0.6) is 0 Å². The van der Waals surface area contributed by atoms with E-state index in [2.05, 4.69) is 17.5 Å². The molecule has 0 radical (unpaired) electrons. The van der Waals surface area contributed by atoms with Crippen molar-refractivity contribution < 1.29 is 4.79 Å². The standard InChI is InChI=1S/C14H17NO/c16-14(10-12-6-4-5-7-12)15-11-13-8-2-1-3-9-13/h1-4,6,8-9,12H,5,7,10-11H2,(H,15,16). The van der Waals surface area contributed by atoms with Crippen molar-refractivity contribution in [3.63, 3.8) is 0 Å². The molecule has 1 unspecified atom stereocenters. The van der Waals surface area contributed by atoms with E-state index in [1.807, 2.05) is 30.3 Å². The van der Waals surface area contributed by atoms with Gasteiger partial charge in [-0.05, 0) is 24.3 Å². The monoisotopic (exact) mass is 215 g/mol. The van der Waals surface area contributed by atoms with E-state index in [0.29, 0.717) is 18.9 Å². The molecule has 16 heavy (non-hydrogen) atoms. The minimum Gasteiger partial charge on any atom is -0.352 e. The van der Waals surface area contributed by atoms with Crippen molar-refractivity contribution in [1.82, 2.24) is 5.32 Å². The lowest BCUT2D eigenvalue weighted by Gasteiger charge is -2.08. The summed E-state index contributed by atoms with van der Waals surface area (Å²) < 4.78 is 0. The fourth-order valence-corrected chi connectivity index (χ4v) is 1.97. The van der Waals surface area contributed by atoms with Gasteiger partial charge in [0.1, 0.15) is 0 Å². The zero-order chi connectivity index (χ0) is 11.2. The summed E-state index contributed by atoms with van der Waals surface area (Å²) in [5.74, 6) is 0.608. The van der Waals surface area contributed by atoms with Crippen LogP contribution in [0.3, 0.4) is 0 Å². The third-order valence-electron chi connectivity index (χ3n) is 2.89. The Hall–Kier alpha value is -1.57. The first-order chi connectivity index (χ1) is 7.84. The maximum atomic E-state index is 11.6. The molecule has 1 aliphatic carbocycles. The Morgan fingerprint density at radius 2 is 2.12 bits per heavy atom. The fraction of sp³-hybridized carbons (Fsp3) is 0.357. The Balaban J connectivity index is 1.73. The van der Waals surface area contributed by atoms with Crippen molar-refractivity contribution in [2.45, 2.75) is 25.8 Å². The zero-order valence-electron chi connectivity index (χ0n) is 9.36. The summed E-state index contributed by atoms with van der Waals surface area (Å²) in [4.78, 5) is 11.6. The maximum absolute atomic E-state index is 11.6. The molecule has 2 nitrogen and oxygen atoms in total. The van der Waals surface area contributed by atoms with Crippen molar-refractivity contribution in [2.24, 2.45) is 5.92 Å². The molecule has 0 spiro atoms. The number of amides is 1. The summed E-state index contributed by atoms with van der Waals surface area (Å²) in [6, 6.07) is 10.0. The third-order valence-corrected chi connectivity index (χ3v) is 2.89. The van der Waals surface area contributed by atoms with Crippen LogP contribution in [0.25, 0.3) is 0 Å². The van der Waals surface area contributed by atoms with Gasteiger partial charge < -0.3 is 5.32 Å². The fourth-order valence-electron chi connectivity index (χ4n) is 1.97. The molecule has 1 aliphatic rings. The molecule has 84 valence electrons. The second-order valence-electron chi connectivity index (χ2n) is 4.23. The van der Waals surface area contributed by atoms with Gasteiger partial charge in [0.2, 0.25) is 5.91 Å². The predicted octanol–water partition coefficient (Wildman–Crippen LogP) is 2.66. The smallest absolute Gasteiger partial charge is 0.220 e. The Morgan fingerprint density at radius 3 is 2.81 bits per heavy atom. The van der Waals surface area contributed by atoms with Gasteiger partial charge in [-0.25, -0.2) is 0 Å². The molecule has 0 bridgehead atoms. The van der Waals surface area contributed by atoms with Gasteiger partial charge in [0, 0.05) is 13.0 Å². The van der Waals surface area contributed by atoms with E-state index < -0.39 is 0 Å². The lowest BCUT2D eigenvalue weighted by molar-refractivity contribution is -0.121. The number of nitrogens with one attached hydrogen (secondary N) is 1. The molecular weight excluding hydrogens is 198 g/mol. The van der Waals surface area contributed by atoms with E-state index in [9.17, 15) is 4.79 Å². The highest BCUT2D eigenvalue weighted by Gasteiger charge is 2.13. The number of rotatable bonds is 4. The molecule has 1 N–H and O–H groups in total. The molecule has 1 aromatic carbocycles. The summed E-state index contributed by atoms with van der Waals surface area (Å²) in [6.45, 7) is 0.635. The van der Waals surface area contributed by atoms with Crippen LogP contribution >= 0.6 is 0 Å². The van der Waals surface area contributed by atoms with Gasteiger partial charge in [0.15, 0.2) is 0 Å². The van der Waals surface area contributed by atoms with Crippen molar-refractivity contribution in [3.8, 4) is 0 Å². The summed E-state index contributed by atoms with van der Waals surface area (Å²) in [5, 5.41) is 2.95. The topological polar surface area (TPSA) is 29.1 Å². The molecule has 1 amide bonds. The number of benzene rings is 1. The van der Waals surface area contributed by atoms with E-state index in [0.717, 1.165) is 18.4 Å². The summed E-state index contributed by atoms with van der Waals surface area (Å²) >= 11 is 0. The first-order valence-corrected chi connectivity index (χ1v) is 5.82. The van der Waals surface area contributed by atoms with E-state index in [1.54, 1.807) is 0 Å². The molecule has 2 heteroatoms. The van der Waals surface area contributed by atoms with E-state index in [1.165, 1.54) is 0 Å². The molecule has 0 heterocycles. The highest BCUT2D eigenvalue weighted by molar-refractivity contribution is 5.76. The molecule has 1 atom stereocenters. The van der Waals surface area contributed by atoms with Gasteiger partial charge in [-0.2, -0.15) is 0 Å². The van der Waals surface area contributed by atoms with Crippen LogP contribution in [0.2, 0.25) is 0 Å². The second kappa shape index (κ2) is 5.50. The minimum absolute atomic E-state index is 0.153. The molecule has 0 saturated heterocycles. The van der Waals surface area contributed by atoms with Crippen LogP contribution in [0, 0.1) is 5.92 Å². The Bertz CT molecular complexity index is 370. The van der Waals surface area contributed by atoms with Gasteiger partial charge in [-0.15, -0.1) is 0 Å². The molecule has 0 saturated carbocycles. The highest BCUT2D eigenvalue weighted by Crippen LogP contribution is 2.19. The van der Waals surface area contributed by atoms with Crippen LogP contribution in [0.15, 0.2) is 42.5 Å². The molecule has 1 aromatic rings. The van der Waals surface area contributed by atoms with Crippen molar-refractivity contribution >= 4 is 5.91 Å². The number of hydrogen-bond donors (Lipinski definition) is 1. The van der Waals surface area contributed by atoms with Crippen molar-refractivity contribution in [1.29, 1.82) is 0 Å². The molecule has 0 aromatic heterocycles. The van der Waals surface area contributed by atoms with Crippen LogP contribution < -0.4 is 5.32 Å². The SMILES string of the molecule is O=C(CC1C=CCC1)NCc1ccccc1. The molecule has 2 rings (SSSR count). The number of hydrogen-bond acceptors (Lipinski definition) is 1. The summed E-state index contributed by atoms with van der Waals surface area (Å²) in [6.07, 6.45) is 7.19. The van der Waals surface area contributed by atoms with Gasteiger partial charge in [-0.1, -0.05) is 42.5 Å². The lowest BCUT2D eigenvalue weighted by atomic mass is 10.1. The highest BCUT2D eigenvalue weighted by atomic mass is 16.1. The van der Waals surface area contributed by atoms with Gasteiger partial charge >= 0.3 is 0 Å². The number of carbonyl (C=O) groups excluding carboxylic acids is 1. The number of allylic oxidation sites excluding steroid dienone is 2. The normalized spacial score (nSPS) is 18.6. The Kier molecular flexibility index (Phi) is 3.76. The van der Waals surface area contributed by atoms with Crippen LogP contribution in [0.1, 0.15) is 24.8 Å². The van der Waals surface area contributed by atoms with Crippen molar-refractivity contribution in [3.05, 3.63) is 48.0 Å². The van der Waals surface area contributed by atoms with Gasteiger partial charge in [0.05, 0.1) is 0 Å². The molecule has 0 aliphatic heterocycles. The predicted molar refractivity (Wildman–Crippen MR) is 64.8 cm³/mol. The Morgan fingerprint density at radius 1 is 1.31 bits per heavy atom. The average molecular weight is 215 g/mol. The van der Waals surface area contributed by atoms with E-state index in [4.69, 9.17) is 0 Å². The first kappa shape index (κ1) is 10.9. The van der Waals surface area contributed by atoms with Crippen LogP contribution in [-0.4, -0.2) is 5.91 Å². The average Bonchev–Trinajstić information content (AvgIpc) is 2.81. The largest absolute Gasteiger partial charge is 0.352 e. The van der Waals surface area contributed by atoms with Crippen molar-refractivity contribution in [2.75, 3.05) is 0 Å². The first-order valence-electron chi connectivity index (χ1n) is 5.82. The van der Waals surface area contributed by atoms with Gasteiger partial charge in [-0.3, -0.25) is 4.79 Å². The summed E-state index contributed by atoms with van der Waals surface area (Å²) in [7, 11) is 0. The van der Waals surface area contributed by atoms with Crippen LogP contribution in [-0.2, 0) is 11.3 Å². The van der Waals surface area contributed by atoms with E-state index >= 15 is 0 Å². The van der Waals surface area contributed by atoms with E-state index in [-0.39, 0.29) is 5.91 Å². The maximum Gasteiger partial charge on any atom is 0.220 e. The quantitative estimate of drug-likeness (QED) is 0.769. The molecule has 0 fully saturated rings. The Labute approximate surface area is 96.4 Å². The van der Waals surface area contributed by atoms with Gasteiger partial charge in [0.25, 0.3) is 0 Å². The molecular formula is C14H17NO. The second-order valence-corrected chi connectivity index (χ2v) is 4.23. The zero-order valence-corrected chi connectivity index (χ0v) is 9.36. The summed E-state index contributed by atoms with van der Waals surface area (Å²) in [5.41, 5.74) is 1.15. The minimum atomic E-state index is 0.153.